The van der Waals surface area contributed by atoms with Gasteiger partial charge in [0.05, 0.1) is 12.3 Å². The van der Waals surface area contributed by atoms with Crippen LogP contribution in [0.15, 0.2) is 24.3 Å². The van der Waals surface area contributed by atoms with Crippen LogP contribution in [0.25, 0.3) is 0 Å². The summed E-state index contributed by atoms with van der Waals surface area (Å²) < 4.78 is 30.5. The summed E-state index contributed by atoms with van der Waals surface area (Å²) in [6, 6.07) is 6.09. The largest absolute Gasteiger partial charge is 0.444 e. The predicted octanol–water partition coefficient (Wildman–Crippen LogP) is 2.46. The molecule has 0 bridgehead atoms. The Labute approximate surface area is 136 Å². The molecule has 0 radical (unpaired) electrons. The van der Waals surface area contributed by atoms with E-state index in [1.807, 2.05) is 0 Å². The molecular weight excluding hydrogens is 328 g/mol. The first-order chi connectivity index (χ1) is 9.96. The summed E-state index contributed by atoms with van der Waals surface area (Å²) in [5, 5.41) is 3.10. The van der Waals surface area contributed by atoms with E-state index in [1.54, 1.807) is 45.0 Å². The van der Waals surface area contributed by atoms with Crippen LogP contribution >= 0.6 is 11.6 Å². The van der Waals surface area contributed by atoms with Crippen LogP contribution in [-0.4, -0.2) is 32.9 Å². The summed E-state index contributed by atoms with van der Waals surface area (Å²) in [5.41, 5.74) is 0.0651. The molecule has 1 amide bonds. The molecule has 1 rings (SSSR count). The van der Waals surface area contributed by atoms with Crippen molar-refractivity contribution >= 4 is 27.7 Å². The molecule has 8 heteroatoms. The summed E-state index contributed by atoms with van der Waals surface area (Å²) in [4.78, 5) is 11.7. The van der Waals surface area contributed by atoms with Crippen LogP contribution in [-0.2, 0) is 14.8 Å². The van der Waals surface area contributed by atoms with Crippen molar-refractivity contribution in [1.29, 1.82) is 0 Å². The topological polar surface area (TPSA) is 84.5 Å². The fourth-order valence-electron chi connectivity index (χ4n) is 1.68. The smallest absolute Gasteiger partial charge is 0.407 e. The molecule has 0 aliphatic carbocycles. The number of alkyl carbamates (subject to hydrolysis) is 1. The number of benzene rings is 1. The highest BCUT2D eigenvalue weighted by Crippen LogP contribution is 2.17. The zero-order valence-electron chi connectivity index (χ0n) is 13.0. The van der Waals surface area contributed by atoms with Crippen LogP contribution in [0.5, 0.6) is 0 Å². The third-order valence-corrected chi connectivity index (χ3v) is 3.44. The quantitative estimate of drug-likeness (QED) is 0.856. The first-order valence-electron chi connectivity index (χ1n) is 6.66. The highest BCUT2D eigenvalue weighted by atomic mass is 35.5. The van der Waals surface area contributed by atoms with Crippen molar-refractivity contribution in [3.63, 3.8) is 0 Å². The van der Waals surface area contributed by atoms with Crippen LogP contribution in [0.3, 0.4) is 0 Å². The van der Waals surface area contributed by atoms with Crippen molar-refractivity contribution in [2.24, 2.45) is 0 Å². The van der Waals surface area contributed by atoms with Crippen LogP contribution in [0.1, 0.15) is 32.4 Å². The van der Waals surface area contributed by atoms with Crippen molar-refractivity contribution in [2.75, 3.05) is 12.8 Å². The zero-order chi connectivity index (χ0) is 17.0. The number of halogens is 1. The molecule has 1 unspecified atom stereocenters. The number of nitrogens with one attached hydrogen (secondary N) is 2. The second kappa shape index (κ2) is 7.30. The second-order valence-corrected chi connectivity index (χ2v) is 8.09. The summed E-state index contributed by atoms with van der Waals surface area (Å²) in [6.07, 6.45) is 0.449. The Morgan fingerprint density at radius 2 is 1.82 bits per heavy atom. The molecule has 0 heterocycles. The van der Waals surface area contributed by atoms with E-state index in [-0.39, 0.29) is 6.54 Å². The van der Waals surface area contributed by atoms with Crippen LogP contribution in [0.2, 0.25) is 5.02 Å². The lowest BCUT2D eigenvalue weighted by Gasteiger charge is -2.22. The molecule has 0 aliphatic rings. The van der Waals surface area contributed by atoms with Gasteiger partial charge in [-0.25, -0.2) is 17.9 Å². The van der Waals surface area contributed by atoms with Crippen molar-refractivity contribution in [3.8, 4) is 0 Å². The van der Waals surface area contributed by atoms with Crippen molar-refractivity contribution < 1.29 is 17.9 Å². The van der Waals surface area contributed by atoms with E-state index in [9.17, 15) is 13.2 Å². The Morgan fingerprint density at radius 3 is 2.27 bits per heavy atom. The van der Waals surface area contributed by atoms with Crippen molar-refractivity contribution in [3.05, 3.63) is 34.9 Å². The molecule has 0 aliphatic heterocycles. The highest BCUT2D eigenvalue weighted by molar-refractivity contribution is 7.88. The third kappa shape index (κ3) is 7.63. The standard InChI is InChI=1S/C14H21ClN2O4S/c1-14(2,3)21-13(18)16-9-12(17-22(4,19)20)10-5-7-11(15)8-6-10/h5-8,12,17H,9H2,1-4H3,(H,16,18). The highest BCUT2D eigenvalue weighted by Gasteiger charge is 2.20. The Bertz CT molecular complexity index is 609. The van der Waals surface area contributed by atoms with E-state index in [0.717, 1.165) is 6.26 Å². The molecular formula is C14H21ClN2O4S. The Balaban J connectivity index is 2.79. The molecule has 0 spiro atoms. The second-order valence-electron chi connectivity index (χ2n) is 5.88. The molecule has 22 heavy (non-hydrogen) atoms. The van der Waals surface area contributed by atoms with Gasteiger partial charge in [-0.2, -0.15) is 0 Å². The molecule has 6 nitrogen and oxygen atoms in total. The third-order valence-electron chi connectivity index (χ3n) is 2.48. The lowest BCUT2D eigenvalue weighted by Crippen LogP contribution is -2.39. The van der Waals surface area contributed by atoms with Crippen molar-refractivity contribution in [2.45, 2.75) is 32.4 Å². The molecule has 0 saturated heterocycles. The zero-order valence-corrected chi connectivity index (χ0v) is 14.6. The molecule has 1 atom stereocenters. The van der Waals surface area contributed by atoms with Gasteiger partial charge >= 0.3 is 6.09 Å². The molecule has 1 aromatic carbocycles. The molecule has 0 saturated carbocycles. The van der Waals surface area contributed by atoms with Crippen molar-refractivity contribution in [1.82, 2.24) is 10.0 Å². The van der Waals surface area contributed by atoms with E-state index in [4.69, 9.17) is 16.3 Å². The van der Waals surface area contributed by atoms with Gasteiger partial charge in [-0.05, 0) is 38.5 Å². The summed E-state index contributed by atoms with van der Waals surface area (Å²) in [7, 11) is -3.44. The van der Waals surface area contributed by atoms with Gasteiger partial charge in [0, 0.05) is 11.6 Å². The van der Waals surface area contributed by atoms with Gasteiger partial charge in [0.2, 0.25) is 10.0 Å². The summed E-state index contributed by atoms with van der Waals surface area (Å²) >= 11 is 5.82. The van der Waals surface area contributed by atoms with E-state index >= 15 is 0 Å². The molecule has 0 aromatic heterocycles. The number of rotatable bonds is 5. The lowest BCUT2D eigenvalue weighted by atomic mass is 10.1. The number of carbonyl (C=O) groups excluding carboxylic acids is 1. The Kier molecular flexibility index (Phi) is 6.22. The number of hydrogen-bond acceptors (Lipinski definition) is 4. The van der Waals surface area contributed by atoms with E-state index in [1.165, 1.54) is 0 Å². The number of ether oxygens (including phenoxy) is 1. The summed E-state index contributed by atoms with van der Waals surface area (Å²) in [6.45, 7) is 5.30. The van der Waals surface area contributed by atoms with Gasteiger partial charge in [-0.3, -0.25) is 0 Å². The van der Waals surface area contributed by atoms with Gasteiger partial charge in [0.1, 0.15) is 5.60 Å². The van der Waals surface area contributed by atoms with E-state index in [0.29, 0.717) is 10.6 Å². The molecule has 0 fully saturated rings. The minimum absolute atomic E-state index is 0.0591. The van der Waals surface area contributed by atoms with Crippen LogP contribution < -0.4 is 10.0 Å². The minimum Gasteiger partial charge on any atom is -0.444 e. The maximum Gasteiger partial charge on any atom is 0.407 e. The minimum atomic E-state index is -3.44. The maximum absolute atomic E-state index is 11.7. The van der Waals surface area contributed by atoms with Gasteiger partial charge in [0.15, 0.2) is 0 Å². The number of carbonyl (C=O) groups is 1. The number of hydrogen-bond donors (Lipinski definition) is 2. The molecule has 1 aromatic rings. The van der Waals surface area contributed by atoms with Gasteiger partial charge in [0.25, 0.3) is 0 Å². The predicted molar refractivity (Wildman–Crippen MR) is 86.4 cm³/mol. The Morgan fingerprint density at radius 1 is 1.27 bits per heavy atom. The molecule has 124 valence electrons. The fourth-order valence-corrected chi connectivity index (χ4v) is 2.54. The van der Waals surface area contributed by atoms with Gasteiger partial charge < -0.3 is 10.1 Å². The first-order valence-corrected chi connectivity index (χ1v) is 8.93. The first kappa shape index (κ1) is 18.7. The summed E-state index contributed by atoms with van der Waals surface area (Å²) in [5.74, 6) is 0. The van der Waals surface area contributed by atoms with E-state index in [2.05, 4.69) is 10.0 Å². The Hall–Kier alpha value is -1.31. The molecule has 2 N–H and O–H groups in total. The maximum atomic E-state index is 11.7. The van der Waals surface area contributed by atoms with Gasteiger partial charge in [-0.15, -0.1) is 0 Å². The average molecular weight is 349 g/mol. The van der Waals surface area contributed by atoms with Crippen LogP contribution in [0, 0.1) is 0 Å². The normalized spacial score (nSPS) is 13.5. The average Bonchev–Trinajstić information content (AvgIpc) is 2.32. The number of amides is 1. The fraction of sp³-hybridized carbons (Fsp3) is 0.500. The SMILES string of the molecule is CC(C)(C)OC(=O)NCC(NS(C)(=O)=O)c1ccc(Cl)cc1. The van der Waals surface area contributed by atoms with Gasteiger partial charge in [-0.1, -0.05) is 23.7 Å². The lowest BCUT2D eigenvalue weighted by molar-refractivity contribution is 0.0523. The monoisotopic (exact) mass is 348 g/mol. The number of sulfonamides is 1. The van der Waals surface area contributed by atoms with E-state index < -0.39 is 27.8 Å². The van der Waals surface area contributed by atoms with Crippen LogP contribution in [0.4, 0.5) is 4.79 Å².